The van der Waals surface area contributed by atoms with Crippen LogP contribution in [0, 0.1) is 0 Å². The molecule has 0 radical (unpaired) electrons. The molecule has 0 aliphatic heterocycles. The van der Waals surface area contributed by atoms with Crippen molar-refractivity contribution in [3.8, 4) is 5.75 Å². The minimum absolute atomic E-state index is 0.408. The van der Waals surface area contributed by atoms with E-state index in [1.807, 2.05) is 91.0 Å². The Morgan fingerprint density at radius 2 is 1.32 bits per heavy atom. The Morgan fingerprint density at radius 3 is 1.82 bits per heavy atom. The second-order valence-electron chi connectivity index (χ2n) is 6.37. The van der Waals surface area contributed by atoms with Crippen molar-refractivity contribution < 1.29 is 14.6 Å². The quantitative estimate of drug-likeness (QED) is 0.431. The fourth-order valence-corrected chi connectivity index (χ4v) is 2.89. The number of carboxylic acid groups (broad SMARTS) is 1. The maximum Gasteiger partial charge on any atom is 0.328 e. The van der Waals surface area contributed by atoms with E-state index in [1.54, 1.807) is 0 Å². The van der Waals surface area contributed by atoms with E-state index in [9.17, 15) is 9.90 Å². The van der Waals surface area contributed by atoms with Crippen LogP contribution in [0.1, 0.15) is 24.0 Å². The lowest BCUT2D eigenvalue weighted by molar-refractivity contribution is -0.138. The molecule has 0 saturated carbocycles. The highest BCUT2D eigenvalue weighted by atomic mass is 16.5. The summed E-state index contributed by atoms with van der Waals surface area (Å²) >= 11 is 0. The van der Waals surface area contributed by atoms with Gasteiger partial charge in [-0.15, -0.1) is 0 Å². The van der Waals surface area contributed by atoms with Crippen molar-refractivity contribution >= 4 is 11.7 Å². The maximum atomic E-state index is 11.8. The third kappa shape index (κ3) is 5.55. The third-order valence-corrected chi connectivity index (χ3v) is 4.30. The summed E-state index contributed by atoms with van der Waals surface area (Å²) in [5.41, 5.74) is 2.50. The number of hydrogen-bond donors (Lipinski definition) is 1. The van der Waals surface area contributed by atoms with Gasteiger partial charge in [0, 0.05) is 11.1 Å². The molecule has 3 aromatic rings. The molecule has 0 aliphatic rings. The first-order chi connectivity index (χ1) is 13.7. The van der Waals surface area contributed by atoms with Gasteiger partial charge in [-0.3, -0.25) is 4.99 Å². The van der Waals surface area contributed by atoms with Crippen LogP contribution in [0.25, 0.3) is 0 Å². The average molecular weight is 373 g/mol. The number of carboxylic acids is 1. The molecule has 0 heterocycles. The summed E-state index contributed by atoms with van der Waals surface area (Å²) in [5, 5.41) is 9.68. The van der Waals surface area contributed by atoms with Gasteiger partial charge in [0.1, 0.15) is 11.8 Å². The highest BCUT2D eigenvalue weighted by molar-refractivity contribution is 6.13. The van der Waals surface area contributed by atoms with Crippen molar-refractivity contribution in [1.82, 2.24) is 0 Å². The number of ether oxygens (including phenoxy) is 1. The van der Waals surface area contributed by atoms with Crippen LogP contribution in [0.3, 0.4) is 0 Å². The number of aliphatic carboxylic acids is 1. The first-order valence-electron chi connectivity index (χ1n) is 9.33. The molecule has 1 unspecified atom stereocenters. The van der Waals surface area contributed by atoms with E-state index in [1.165, 1.54) is 0 Å². The lowest BCUT2D eigenvalue weighted by atomic mass is 10.0. The molecule has 1 atom stereocenters. The van der Waals surface area contributed by atoms with Crippen LogP contribution in [-0.2, 0) is 4.79 Å². The van der Waals surface area contributed by atoms with Gasteiger partial charge in [0.15, 0.2) is 0 Å². The van der Waals surface area contributed by atoms with Gasteiger partial charge in [-0.2, -0.15) is 0 Å². The van der Waals surface area contributed by atoms with Gasteiger partial charge in [0.2, 0.25) is 0 Å². The van der Waals surface area contributed by atoms with Gasteiger partial charge in [-0.05, 0) is 25.0 Å². The minimum atomic E-state index is -0.927. The normalized spacial score (nSPS) is 11.4. The van der Waals surface area contributed by atoms with Crippen LogP contribution in [0.5, 0.6) is 5.75 Å². The van der Waals surface area contributed by atoms with E-state index in [0.29, 0.717) is 25.2 Å². The van der Waals surface area contributed by atoms with E-state index in [-0.39, 0.29) is 0 Å². The smallest absolute Gasteiger partial charge is 0.328 e. The second kappa shape index (κ2) is 10.1. The van der Waals surface area contributed by atoms with E-state index < -0.39 is 12.0 Å². The number of hydrogen-bond acceptors (Lipinski definition) is 3. The van der Waals surface area contributed by atoms with Crippen LogP contribution in [0.4, 0.5) is 0 Å². The first-order valence-corrected chi connectivity index (χ1v) is 9.33. The SMILES string of the molecule is O=C(O)C(CCCOc1ccccc1)N=C(c1ccccc1)c1ccccc1. The number of carbonyl (C=O) groups is 1. The molecule has 0 bridgehead atoms. The summed E-state index contributed by atoms with van der Waals surface area (Å²) in [5.74, 6) is -0.142. The van der Waals surface area contributed by atoms with Gasteiger partial charge in [-0.1, -0.05) is 78.9 Å². The predicted molar refractivity (Wildman–Crippen MR) is 111 cm³/mol. The largest absolute Gasteiger partial charge is 0.494 e. The molecule has 4 heteroatoms. The summed E-state index contributed by atoms with van der Waals surface area (Å²) in [6.07, 6.45) is 1.01. The summed E-state index contributed by atoms with van der Waals surface area (Å²) in [7, 11) is 0. The van der Waals surface area contributed by atoms with E-state index in [4.69, 9.17) is 4.74 Å². The van der Waals surface area contributed by atoms with Crippen LogP contribution >= 0.6 is 0 Å². The third-order valence-electron chi connectivity index (χ3n) is 4.30. The van der Waals surface area contributed by atoms with Gasteiger partial charge in [0.25, 0.3) is 0 Å². The van der Waals surface area contributed by atoms with Crippen molar-refractivity contribution in [1.29, 1.82) is 0 Å². The Kier molecular flexibility index (Phi) is 6.96. The Bertz CT molecular complexity index is 851. The molecule has 28 heavy (non-hydrogen) atoms. The Morgan fingerprint density at radius 1 is 0.821 bits per heavy atom. The molecule has 0 aromatic heterocycles. The van der Waals surface area contributed by atoms with Gasteiger partial charge >= 0.3 is 5.97 Å². The molecule has 3 rings (SSSR count). The average Bonchev–Trinajstić information content (AvgIpc) is 2.75. The summed E-state index contributed by atoms with van der Waals surface area (Å²) in [6, 6.07) is 28.1. The number of benzene rings is 3. The lowest BCUT2D eigenvalue weighted by Gasteiger charge is -2.13. The molecule has 0 amide bonds. The topological polar surface area (TPSA) is 58.9 Å². The van der Waals surface area contributed by atoms with Gasteiger partial charge in [0.05, 0.1) is 12.3 Å². The molecular formula is C24H23NO3. The highest BCUT2D eigenvalue weighted by Gasteiger charge is 2.18. The number of aliphatic imine (C=N–C) groups is 1. The molecule has 0 fully saturated rings. The maximum absolute atomic E-state index is 11.8. The van der Waals surface area contributed by atoms with Crippen molar-refractivity contribution in [2.45, 2.75) is 18.9 Å². The van der Waals surface area contributed by atoms with E-state index in [2.05, 4.69) is 4.99 Å². The van der Waals surface area contributed by atoms with Crippen LogP contribution in [-0.4, -0.2) is 29.4 Å². The monoisotopic (exact) mass is 373 g/mol. The molecule has 3 aromatic carbocycles. The van der Waals surface area contributed by atoms with Crippen molar-refractivity contribution in [3.63, 3.8) is 0 Å². The summed E-state index contributed by atoms with van der Waals surface area (Å²) in [4.78, 5) is 16.4. The van der Waals surface area contributed by atoms with Crippen molar-refractivity contribution in [2.75, 3.05) is 6.61 Å². The highest BCUT2D eigenvalue weighted by Crippen LogP contribution is 2.15. The molecule has 142 valence electrons. The fourth-order valence-electron chi connectivity index (χ4n) is 2.89. The molecular weight excluding hydrogens is 350 g/mol. The zero-order valence-corrected chi connectivity index (χ0v) is 15.6. The standard InChI is InChI=1S/C24H23NO3/c26-24(27)22(17-10-18-28-21-15-8-3-9-16-21)25-23(19-11-4-1-5-12-19)20-13-6-2-7-14-20/h1-9,11-16,22H,10,17-18H2,(H,26,27). The minimum Gasteiger partial charge on any atom is -0.494 e. The predicted octanol–water partition coefficient (Wildman–Crippen LogP) is 4.84. The lowest BCUT2D eigenvalue weighted by Crippen LogP contribution is -2.21. The number of para-hydroxylation sites is 1. The molecule has 0 aliphatic carbocycles. The number of rotatable bonds is 9. The molecule has 0 saturated heterocycles. The Balaban J connectivity index is 1.74. The van der Waals surface area contributed by atoms with Crippen LogP contribution < -0.4 is 4.74 Å². The van der Waals surface area contributed by atoms with E-state index >= 15 is 0 Å². The zero-order valence-electron chi connectivity index (χ0n) is 15.6. The molecule has 0 spiro atoms. The van der Waals surface area contributed by atoms with Crippen molar-refractivity contribution in [2.24, 2.45) is 4.99 Å². The Hall–Kier alpha value is -3.40. The van der Waals surface area contributed by atoms with Gasteiger partial charge in [-0.25, -0.2) is 4.79 Å². The Labute approximate surface area is 165 Å². The summed E-state index contributed by atoms with van der Waals surface area (Å²) < 4.78 is 5.67. The first kappa shape index (κ1) is 19.4. The van der Waals surface area contributed by atoms with Crippen LogP contribution in [0.2, 0.25) is 0 Å². The van der Waals surface area contributed by atoms with E-state index in [0.717, 1.165) is 16.9 Å². The summed E-state index contributed by atoms with van der Waals surface area (Å²) in [6.45, 7) is 0.454. The molecule has 4 nitrogen and oxygen atoms in total. The molecule has 1 N–H and O–H groups in total. The number of nitrogens with zero attached hydrogens (tertiary/aromatic N) is 1. The van der Waals surface area contributed by atoms with Crippen molar-refractivity contribution in [3.05, 3.63) is 102 Å². The fraction of sp³-hybridized carbons (Fsp3) is 0.167. The second-order valence-corrected chi connectivity index (χ2v) is 6.37. The zero-order chi connectivity index (χ0) is 19.6. The van der Waals surface area contributed by atoms with Crippen LogP contribution in [0.15, 0.2) is 96.0 Å². The van der Waals surface area contributed by atoms with Gasteiger partial charge < -0.3 is 9.84 Å².